The molecule has 1 aliphatic heterocycles. The van der Waals surface area contributed by atoms with E-state index in [4.69, 9.17) is 9.47 Å². The van der Waals surface area contributed by atoms with Gasteiger partial charge in [-0.3, -0.25) is 9.59 Å². The standard InChI is InChI=1S/C28H20F4N4O4S2/c1-14-10-23(42-35-14)33-22(37)13-40-21-5-3-4-18(25(21)39-2)28-36(27(38)24-19(31)11-17(30)12-20(24)32)34-26(41-28)15-6-8-16(29)9-7-15/h3-12,28H,13H2,1-2H3,(H,33,37). The number of nitrogens with zero attached hydrogens (tertiary/aromatic N) is 3. The highest BCUT2D eigenvalue weighted by Gasteiger charge is 2.39. The number of halogens is 4. The molecule has 0 saturated carbocycles. The second kappa shape index (κ2) is 12.2. The Balaban J connectivity index is 1.48. The number of ether oxygens (including phenoxy) is 2. The Kier molecular flexibility index (Phi) is 8.45. The summed E-state index contributed by atoms with van der Waals surface area (Å²) in [6, 6.07) is 12.5. The molecule has 1 atom stereocenters. The van der Waals surface area contributed by atoms with Crippen molar-refractivity contribution in [3.63, 3.8) is 0 Å². The lowest BCUT2D eigenvalue weighted by Gasteiger charge is -2.24. The molecule has 0 bridgehead atoms. The van der Waals surface area contributed by atoms with Gasteiger partial charge in [-0.25, -0.2) is 22.6 Å². The average molecular weight is 617 g/mol. The smallest absolute Gasteiger partial charge is 0.281 e. The lowest BCUT2D eigenvalue weighted by Crippen LogP contribution is -2.28. The first-order valence-corrected chi connectivity index (χ1v) is 13.8. The van der Waals surface area contributed by atoms with Gasteiger partial charge in [0.15, 0.2) is 18.1 Å². The molecule has 0 radical (unpaired) electrons. The number of methoxy groups -OCH3 is 1. The number of hydrazone groups is 1. The molecular formula is C28H20F4N4O4S2. The summed E-state index contributed by atoms with van der Waals surface area (Å²) < 4.78 is 71.8. The van der Waals surface area contributed by atoms with Crippen LogP contribution in [0.5, 0.6) is 11.5 Å². The molecule has 42 heavy (non-hydrogen) atoms. The van der Waals surface area contributed by atoms with Crippen LogP contribution in [0.15, 0.2) is 65.8 Å². The maximum Gasteiger partial charge on any atom is 0.281 e. The maximum absolute atomic E-state index is 14.6. The summed E-state index contributed by atoms with van der Waals surface area (Å²) in [7, 11) is 1.35. The molecule has 1 aromatic heterocycles. The van der Waals surface area contributed by atoms with Gasteiger partial charge >= 0.3 is 0 Å². The summed E-state index contributed by atoms with van der Waals surface area (Å²) in [4.78, 5) is 26.0. The van der Waals surface area contributed by atoms with E-state index in [9.17, 15) is 27.2 Å². The number of anilines is 1. The summed E-state index contributed by atoms with van der Waals surface area (Å²) in [5.74, 6) is -5.86. The van der Waals surface area contributed by atoms with Crippen molar-refractivity contribution in [2.75, 3.05) is 19.0 Å². The quantitative estimate of drug-likeness (QED) is 0.234. The van der Waals surface area contributed by atoms with Crippen LogP contribution in [-0.4, -0.2) is 40.0 Å². The Morgan fingerprint density at radius 3 is 2.36 bits per heavy atom. The third kappa shape index (κ3) is 6.09. The van der Waals surface area contributed by atoms with Crippen molar-refractivity contribution in [1.82, 2.24) is 9.38 Å². The molecule has 0 fully saturated rings. The first kappa shape index (κ1) is 29.1. The Morgan fingerprint density at radius 2 is 1.71 bits per heavy atom. The van der Waals surface area contributed by atoms with Crippen molar-refractivity contribution in [3.8, 4) is 11.5 Å². The zero-order valence-corrected chi connectivity index (χ0v) is 23.5. The minimum absolute atomic E-state index is 0.129. The second-order valence-electron chi connectivity index (χ2n) is 8.82. The van der Waals surface area contributed by atoms with Crippen LogP contribution in [0, 0.1) is 30.2 Å². The third-order valence-electron chi connectivity index (χ3n) is 5.89. The number of hydrogen-bond donors (Lipinski definition) is 1. The summed E-state index contributed by atoms with van der Waals surface area (Å²) in [6.07, 6.45) is 0. The van der Waals surface area contributed by atoms with Crippen LogP contribution < -0.4 is 14.8 Å². The molecule has 216 valence electrons. The fourth-order valence-corrected chi connectivity index (χ4v) is 5.91. The zero-order valence-electron chi connectivity index (χ0n) is 21.9. The Hall–Kier alpha value is -4.43. The highest BCUT2D eigenvalue weighted by Crippen LogP contribution is 2.47. The number of thioether (sulfide) groups is 1. The van der Waals surface area contributed by atoms with Gasteiger partial charge in [0.2, 0.25) is 0 Å². The fourth-order valence-electron chi connectivity index (χ4n) is 4.05. The van der Waals surface area contributed by atoms with Gasteiger partial charge in [-0.1, -0.05) is 23.9 Å². The molecule has 1 unspecified atom stereocenters. The van der Waals surface area contributed by atoms with Gasteiger partial charge in [0.05, 0.1) is 12.8 Å². The van der Waals surface area contributed by atoms with Gasteiger partial charge in [-0.05, 0) is 54.9 Å². The number of carbonyl (C=O) groups is 2. The highest BCUT2D eigenvalue weighted by molar-refractivity contribution is 8.14. The van der Waals surface area contributed by atoms with E-state index in [-0.39, 0.29) is 23.1 Å². The molecule has 1 aliphatic rings. The number of carbonyl (C=O) groups excluding carboxylic acids is 2. The number of rotatable bonds is 8. The molecule has 0 aliphatic carbocycles. The van der Waals surface area contributed by atoms with Crippen molar-refractivity contribution in [2.24, 2.45) is 5.10 Å². The second-order valence-corrected chi connectivity index (χ2v) is 10.7. The maximum atomic E-state index is 14.6. The van der Waals surface area contributed by atoms with E-state index in [1.165, 1.54) is 31.4 Å². The van der Waals surface area contributed by atoms with Crippen LogP contribution in [0.4, 0.5) is 22.6 Å². The Morgan fingerprint density at radius 1 is 1.00 bits per heavy atom. The number of amides is 2. The molecule has 2 heterocycles. The van der Waals surface area contributed by atoms with Crippen molar-refractivity contribution in [1.29, 1.82) is 0 Å². The number of aryl methyl sites for hydroxylation is 1. The number of benzene rings is 3. The normalized spacial score (nSPS) is 14.5. The van der Waals surface area contributed by atoms with Gasteiger partial charge < -0.3 is 14.8 Å². The summed E-state index contributed by atoms with van der Waals surface area (Å²) >= 11 is 2.15. The third-order valence-corrected chi connectivity index (χ3v) is 7.91. The van der Waals surface area contributed by atoms with Gasteiger partial charge in [0, 0.05) is 23.3 Å². The molecule has 4 aromatic rings. The van der Waals surface area contributed by atoms with Crippen LogP contribution >= 0.6 is 23.3 Å². The minimum Gasteiger partial charge on any atom is -0.492 e. The molecule has 1 N–H and O–H groups in total. The number of nitrogens with one attached hydrogen (secondary N) is 1. The van der Waals surface area contributed by atoms with E-state index in [2.05, 4.69) is 14.8 Å². The van der Waals surface area contributed by atoms with Crippen molar-refractivity contribution in [2.45, 2.75) is 12.3 Å². The molecule has 0 spiro atoms. The van der Waals surface area contributed by atoms with E-state index in [0.29, 0.717) is 28.3 Å². The molecule has 3 aromatic carbocycles. The molecule has 5 rings (SSSR count). The van der Waals surface area contributed by atoms with E-state index >= 15 is 0 Å². The van der Waals surface area contributed by atoms with Gasteiger partial charge in [0.1, 0.15) is 44.3 Å². The van der Waals surface area contributed by atoms with Crippen LogP contribution in [0.25, 0.3) is 0 Å². The first-order chi connectivity index (χ1) is 20.1. The molecular weight excluding hydrogens is 596 g/mol. The topological polar surface area (TPSA) is 93.1 Å². The van der Waals surface area contributed by atoms with Gasteiger partial charge in [0.25, 0.3) is 11.8 Å². The lowest BCUT2D eigenvalue weighted by atomic mass is 10.1. The monoisotopic (exact) mass is 616 g/mol. The van der Waals surface area contributed by atoms with E-state index in [1.807, 2.05) is 0 Å². The number of aromatic nitrogens is 1. The highest BCUT2D eigenvalue weighted by atomic mass is 32.2. The largest absolute Gasteiger partial charge is 0.492 e. The average Bonchev–Trinajstić information content (AvgIpc) is 3.57. The number of hydrogen-bond acceptors (Lipinski definition) is 8. The summed E-state index contributed by atoms with van der Waals surface area (Å²) in [5.41, 5.74) is 0.493. The Labute approximate surface area is 245 Å². The predicted octanol–water partition coefficient (Wildman–Crippen LogP) is 6.28. The molecule has 2 amide bonds. The van der Waals surface area contributed by atoms with Crippen LogP contribution in [0.2, 0.25) is 0 Å². The molecule has 14 heteroatoms. The summed E-state index contributed by atoms with van der Waals surface area (Å²) in [6.45, 7) is 1.40. The molecule has 0 saturated heterocycles. The zero-order chi connectivity index (χ0) is 30.0. The van der Waals surface area contributed by atoms with Gasteiger partial charge in [-0.2, -0.15) is 9.47 Å². The predicted molar refractivity (Wildman–Crippen MR) is 150 cm³/mol. The van der Waals surface area contributed by atoms with Crippen molar-refractivity contribution in [3.05, 3.63) is 106 Å². The Bertz CT molecular complexity index is 1670. The SMILES string of the molecule is COc1c(OCC(=O)Nc2cc(C)ns2)cccc1C1SC(c2ccc(F)cc2)=NN1C(=O)c1c(F)cc(F)cc1F. The van der Waals surface area contributed by atoms with E-state index in [0.717, 1.165) is 34.0 Å². The number of para-hydroxylation sites is 1. The fraction of sp³-hybridized carbons (Fsp3) is 0.143. The van der Waals surface area contributed by atoms with Crippen LogP contribution in [0.1, 0.15) is 32.6 Å². The van der Waals surface area contributed by atoms with Crippen LogP contribution in [-0.2, 0) is 4.79 Å². The van der Waals surface area contributed by atoms with E-state index in [1.54, 1.807) is 31.2 Å². The van der Waals surface area contributed by atoms with Crippen LogP contribution in [0.3, 0.4) is 0 Å². The summed E-state index contributed by atoms with van der Waals surface area (Å²) in [5, 5.41) is 7.55. The van der Waals surface area contributed by atoms with Gasteiger partial charge in [-0.15, -0.1) is 0 Å². The van der Waals surface area contributed by atoms with E-state index < -0.39 is 46.0 Å². The van der Waals surface area contributed by atoms with Crippen molar-refractivity contribution >= 4 is 45.2 Å². The minimum atomic E-state index is -1.40. The lowest BCUT2D eigenvalue weighted by molar-refractivity contribution is -0.118. The van der Waals surface area contributed by atoms with Crippen molar-refractivity contribution < 1.29 is 36.6 Å². The molecule has 8 nitrogen and oxygen atoms in total. The first-order valence-electron chi connectivity index (χ1n) is 12.2.